The normalized spacial score (nSPS) is 18.1. The molecule has 2 heterocycles. The van der Waals surface area contributed by atoms with Gasteiger partial charge in [-0.3, -0.25) is 0 Å². The third-order valence-electron chi connectivity index (χ3n) is 6.87. The first-order valence-electron chi connectivity index (χ1n) is 14.4. The van der Waals surface area contributed by atoms with Crippen molar-refractivity contribution in [1.29, 1.82) is 0 Å². The Hall–Kier alpha value is -1.64. The number of Topliss-reactive ketones (excluding diaryl/α,β-unsaturated/α-hetero) is 1. The first kappa shape index (κ1) is 32.9. The minimum atomic E-state index is -0.176. The zero-order valence-corrected chi connectivity index (χ0v) is 30.4. The summed E-state index contributed by atoms with van der Waals surface area (Å²) >= 11 is 3.56. The van der Waals surface area contributed by atoms with E-state index in [-0.39, 0.29) is 27.4 Å². The van der Waals surface area contributed by atoms with Crippen molar-refractivity contribution >= 4 is 47.3 Å². The standard InChI is InChI=1S/C35H48NO2Se2/c1-14-15-36-28-23(16-21-17-26(33(5,6)7)40-27(18-21)34(8,9)10)29(37)24(28)19-22-20-25(32(2,3)4)38-31(30(22)39)35(11,12)13/h16-20H,14-15H2,1-13H3/p+1. The summed E-state index contributed by atoms with van der Waals surface area (Å²) in [5.41, 5.74) is 4.43. The number of rotatable bonds is 5. The van der Waals surface area contributed by atoms with E-state index in [0.717, 1.165) is 56.9 Å². The molecular formula is C35H49NO2Se2+. The van der Waals surface area contributed by atoms with Gasteiger partial charge in [0.05, 0.1) is 0 Å². The maximum absolute atomic E-state index is 13.8. The summed E-state index contributed by atoms with van der Waals surface area (Å²) in [5, 5.41) is 3.58. The number of nitrogens with one attached hydrogen (secondary N) is 1. The van der Waals surface area contributed by atoms with Crippen molar-refractivity contribution in [2.45, 2.75) is 107 Å². The molecule has 1 aromatic rings. The van der Waals surface area contributed by atoms with Crippen molar-refractivity contribution in [1.82, 2.24) is 5.32 Å². The van der Waals surface area contributed by atoms with Gasteiger partial charge in [0, 0.05) is 0 Å². The monoisotopic (exact) mass is 675 g/mol. The second-order valence-corrected chi connectivity index (χ2v) is 18.2. The summed E-state index contributed by atoms with van der Waals surface area (Å²) in [6, 6.07) is 2.09. The Bertz CT molecular complexity index is 1310. The molecule has 217 valence electrons. The van der Waals surface area contributed by atoms with E-state index < -0.39 is 0 Å². The Labute approximate surface area is 258 Å². The molecule has 40 heavy (non-hydrogen) atoms. The van der Waals surface area contributed by atoms with E-state index in [0.29, 0.717) is 15.0 Å². The fraction of sp³-hybridized carbons (Fsp3) is 0.543. The van der Waals surface area contributed by atoms with Crippen LogP contribution >= 0.6 is 0 Å². The van der Waals surface area contributed by atoms with Gasteiger partial charge in [0.2, 0.25) is 0 Å². The Morgan fingerprint density at radius 3 is 1.85 bits per heavy atom. The van der Waals surface area contributed by atoms with Gasteiger partial charge in [-0.25, -0.2) is 0 Å². The van der Waals surface area contributed by atoms with E-state index in [1.165, 1.54) is 8.94 Å². The Balaban J connectivity index is 2.21. The number of carbonyl (C=O) groups excluding carboxylic acids is 1. The summed E-state index contributed by atoms with van der Waals surface area (Å²) < 4.78 is 10.3. The predicted octanol–water partition coefficient (Wildman–Crippen LogP) is 7.67. The van der Waals surface area contributed by atoms with Crippen LogP contribution in [0.4, 0.5) is 0 Å². The molecule has 1 N–H and O–H groups in total. The fourth-order valence-electron chi connectivity index (χ4n) is 4.33. The average molecular weight is 674 g/mol. The van der Waals surface area contributed by atoms with Crippen LogP contribution in [0.25, 0.3) is 6.08 Å². The fourth-order valence-corrected chi connectivity index (χ4v) is 7.91. The molecule has 0 aromatic carbocycles. The Morgan fingerprint density at radius 1 is 0.850 bits per heavy atom. The molecule has 0 saturated heterocycles. The molecule has 1 radical (unpaired) electrons. The summed E-state index contributed by atoms with van der Waals surface area (Å²) in [5.74, 6) is 1.92. The molecule has 2 aliphatic rings. The van der Waals surface area contributed by atoms with Crippen molar-refractivity contribution in [3.63, 3.8) is 0 Å². The molecule has 1 aliphatic heterocycles. The van der Waals surface area contributed by atoms with Crippen LogP contribution in [0, 0.1) is 10.8 Å². The van der Waals surface area contributed by atoms with Gasteiger partial charge in [-0.15, -0.1) is 0 Å². The number of hydrogen-bond donors (Lipinski definition) is 1. The van der Waals surface area contributed by atoms with E-state index >= 15 is 0 Å². The molecule has 1 aliphatic carbocycles. The molecule has 1 aromatic heterocycles. The van der Waals surface area contributed by atoms with Crippen LogP contribution in [0.1, 0.15) is 114 Å². The summed E-state index contributed by atoms with van der Waals surface area (Å²) in [6.07, 6.45) is 9.77. The van der Waals surface area contributed by atoms with Crippen LogP contribution in [0.15, 0.2) is 60.1 Å². The molecule has 0 bridgehead atoms. The van der Waals surface area contributed by atoms with E-state index in [4.69, 9.17) is 4.42 Å². The molecule has 0 saturated carbocycles. The van der Waals surface area contributed by atoms with Gasteiger partial charge in [-0.1, -0.05) is 0 Å². The van der Waals surface area contributed by atoms with Crippen molar-refractivity contribution in [2.24, 2.45) is 10.8 Å². The molecule has 5 heteroatoms. The van der Waals surface area contributed by atoms with Gasteiger partial charge in [-0.05, 0) is 0 Å². The molecule has 0 spiro atoms. The second kappa shape index (κ2) is 11.6. The maximum atomic E-state index is 13.8. The third kappa shape index (κ3) is 7.40. The van der Waals surface area contributed by atoms with E-state index in [1.807, 2.05) is 6.08 Å². The van der Waals surface area contributed by atoms with Gasteiger partial charge in [0.15, 0.2) is 0 Å². The quantitative estimate of drug-likeness (QED) is 0.198. The molecule has 0 fully saturated rings. The summed E-state index contributed by atoms with van der Waals surface area (Å²) in [4.78, 5) is 13.8. The SMILES string of the molecule is CCCNC1=C(C=C2C=C(C(C)(C)C)[Se]C(C(C)(C)C)=C2)C(=O)C1=Cc1cc(C(C)(C)C)[o+]c(C(C)(C)C)c1[Se]. The van der Waals surface area contributed by atoms with Gasteiger partial charge >= 0.3 is 259 Å². The number of hydrogen-bond acceptors (Lipinski definition) is 2. The molecule has 3 rings (SSSR count). The Kier molecular flexibility index (Phi) is 9.50. The minimum absolute atomic E-state index is 0.0911. The first-order valence-corrected chi connectivity index (χ1v) is 17.0. The molecule has 0 unspecified atom stereocenters. The van der Waals surface area contributed by atoms with Crippen molar-refractivity contribution in [2.75, 3.05) is 6.54 Å². The topological polar surface area (TPSA) is 40.4 Å². The number of allylic oxidation sites excluding steroid dienone is 8. The zero-order chi connectivity index (χ0) is 30.4. The molecule has 0 atom stereocenters. The van der Waals surface area contributed by atoms with Crippen LogP contribution in [0.5, 0.6) is 0 Å². The van der Waals surface area contributed by atoms with E-state index in [2.05, 4.69) is 136 Å². The van der Waals surface area contributed by atoms with Crippen LogP contribution in [0.2, 0.25) is 0 Å². The second-order valence-electron chi connectivity index (χ2n) is 15.1. The summed E-state index contributed by atoms with van der Waals surface area (Å²) in [7, 11) is 0. The Morgan fingerprint density at radius 2 is 1.40 bits per heavy atom. The van der Waals surface area contributed by atoms with Gasteiger partial charge in [-0.2, -0.15) is 0 Å². The van der Waals surface area contributed by atoms with E-state index in [1.54, 1.807) is 0 Å². The van der Waals surface area contributed by atoms with Gasteiger partial charge < -0.3 is 0 Å². The summed E-state index contributed by atoms with van der Waals surface area (Å²) in [6.45, 7) is 29.6. The predicted molar refractivity (Wildman–Crippen MR) is 173 cm³/mol. The molecule has 0 amide bonds. The van der Waals surface area contributed by atoms with Crippen molar-refractivity contribution in [3.05, 3.63) is 72.7 Å². The van der Waals surface area contributed by atoms with Crippen molar-refractivity contribution in [3.8, 4) is 0 Å². The van der Waals surface area contributed by atoms with Crippen LogP contribution in [-0.2, 0) is 15.6 Å². The van der Waals surface area contributed by atoms with Gasteiger partial charge in [0.25, 0.3) is 0 Å². The van der Waals surface area contributed by atoms with Crippen LogP contribution in [0.3, 0.4) is 0 Å². The van der Waals surface area contributed by atoms with Crippen LogP contribution < -0.4 is 9.78 Å². The first-order chi connectivity index (χ1) is 18.1. The average Bonchev–Trinajstić information content (AvgIpc) is 2.80. The van der Waals surface area contributed by atoms with Crippen LogP contribution in [-0.4, -0.2) is 43.3 Å². The zero-order valence-electron chi connectivity index (χ0n) is 26.9. The van der Waals surface area contributed by atoms with Gasteiger partial charge in [0.1, 0.15) is 0 Å². The molecular weight excluding hydrogens is 624 g/mol. The van der Waals surface area contributed by atoms with Crippen molar-refractivity contribution < 1.29 is 9.21 Å². The number of carbonyl (C=O) groups is 1. The number of ketones is 1. The van der Waals surface area contributed by atoms with E-state index in [9.17, 15) is 4.79 Å². The third-order valence-corrected chi connectivity index (χ3v) is 11.7. The molecule has 3 nitrogen and oxygen atoms in total.